The van der Waals surface area contributed by atoms with Crippen LogP contribution in [-0.2, 0) is 26.4 Å². The molecule has 1 saturated heterocycles. The van der Waals surface area contributed by atoms with Crippen molar-refractivity contribution in [3.63, 3.8) is 0 Å². The first-order valence-corrected chi connectivity index (χ1v) is 10.1. The predicted molar refractivity (Wildman–Crippen MR) is 81.9 cm³/mol. The van der Waals surface area contributed by atoms with Gasteiger partial charge < -0.3 is 5.73 Å². The van der Waals surface area contributed by atoms with Gasteiger partial charge in [0.2, 0.25) is 10.0 Å². The smallest absolute Gasteiger partial charge is 0.218 e. The van der Waals surface area contributed by atoms with Gasteiger partial charge in [-0.2, -0.15) is 4.31 Å². The summed E-state index contributed by atoms with van der Waals surface area (Å²) in [6.45, 7) is 0.607. The Hall–Kier alpha value is -0.960. The zero-order valence-corrected chi connectivity index (χ0v) is 13.3. The molecule has 0 amide bonds. The third-order valence-electron chi connectivity index (χ3n) is 3.55. The van der Waals surface area contributed by atoms with Crippen LogP contribution in [0.4, 0.5) is 0 Å². The van der Waals surface area contributed by atoms with Crippen molar-refractivity contribution < 1.29 is 16.8 Å². The van der Waals surface area contributed by atoms with Gasteiger partial charge in [0.25, 0.3) is 0 Å². The highest BCUT2D eigenvalue weighted by Crippen LogP contribution is 2.23. The molecule has 6 nitrogen and oxygen atoms in total. The van der Waals surface area contributed by atoms with Crippen LogP contribution in [0.5, 0.6) is 0 Å². The third-order valence-corrected chi connectivity index (χ3v) is 7.81. The molecule has 0 aliphatic carbocycles. The van der Waals surface area contributed by atoms with E-state index in [1.165, 1.54) is 4.31 Å². The maximum atomic E-state index is 12.6. The lowest BCUT2D eigenvalue weighted by atomic mass is 10.2. The first kappa shape index (κ1) is 16.4. The largest absolute Gasteiger partial charge is 0.329 e. The summed E-state index contributed by atoms with van der Waals surface area (Å²) in [7, 11) is -6.90. The Kier molecular flexibility index (Phi) is 5.03. The molecule has 8 heteroatoms. The molecule has 1 aliphatic rings. The van der Waals surface area contributed by atoms with Gasteiger partial charge in [-0.25, -0.2) is 16.8 Å². The van der Waals surface area contributed by atoms with Crippen LogP contribution >= 0.6 is 0 Å². The maximum absolute atomic E-state index is 12.6. The molecule has 1 aliphatic heterocycles. The zero-order chi connectivity index (χ0) is 15.5. The Morgan fingerprint density at radius 1 is 1.24 bits per heavy atom. The lowest BCUT2D eigenvalue weighted by Crippen LogP contribution is -2.41. The van der Waals surface area contributed by atoms with E-state index in [0.717, 1.165) is 5.56 Å². The van der Waals surface area contributed by atoms with Crippen molar-refractivity contribution in [1.82, 2.24) is 4.31 Å². The average molecular weight is 332 g/mol. The van der Waals surface area contributed by atoms with Crippen LogP contribution in [0.25, 0.3) is 0 Å². The fourth-order valence-corrected chi connectivity index (χ4v) is 6.96. The third kappa shape index (κ3) is 4.03. The van der Waals surface area contributed by atoms with Crippen molar-refractivity contribution in [3.8, 4) is 0 Å². The SMILES string of the molecule is NCCN(Cc1ccccc1)S(=O)(=O)C1CCS(=O)(=O)C1. The van der Waals surface area contributed by atoms with Crippen molar-refractivity contribution in [2.75, 3.05) is 24.6 Å². The van der Waals surface area contributed by atoms with E-state index < -0.39 is 25.1 Å². The van der Waals surface area contributed by atoms with Crippen LogP contribution in [0.1, 0.15) is 12.0 Å². The summed E-state index contributed by atoms with van der Waals surface area (Å²) in [6, 6.07) is 9.20. The van der Waals surface area contributed by atoms with Crippen LogP contribution in [-0.4, -0.2) is 51.0 Å². The van der Waals surface area contributed by atoms with Crippen LogP contribution in [0, 0.1) is 0 Å². The number of nitrogens with zero attached hydrogens (tertiary/aromatic N) is 1. The van der Waals surface area contributed by atoms with Gasteiger partial charge in [0.1, 0.15) is 0 Å². The number of sulfonamides is 1. The molecule has 21 heavy (non-hydrogen) atoms. The highest BCUT2D eigenvalue weighted by Gasteiger charge is 2.40. The van der Waals surface area contributed by atoms with E-state index in [1.54, 1.807) is 0 Å². The fraction of sp³-hybridized carbons (Fsp3) is 0.538. The molecule has 1 heterocycles. The first-order chi connectivity index (χ1) is 9.85. The topological polar surface area (TPSA) is 97.5 Å². The Morgan fingerprint density at radius 3 is 2.43 bits per heavy atom. The van der Waals surface area contributed by atoms with E-state index in [-0.39, 0.29) is 37.6 Å². The maximum Gasteiger partial charge on any atom is 0.218 e. The van der Waals surface area contributed by atoms with E-state index >= 15 is 0 Å². The molecule has 0 radical (unpaired) electrons. The van der Waals surface area contributed by atoms with E-state index in [2.05, 4.69) is 0 Å². The van der Waals surface area contributed by atoms with Crippen LogP contribution < -0.4 is 5.73 Å². The van der Waals surface area contributed by atoms with Crippen molar-refractivity contribution in [2.24, 2.45) is 5.73 Å². The molecule has 1 atom stereocenters. The van der Waals surface area contributed by atoms with Gasteiger partial charge in [-0.05, 0) is 12.0 Å². The van der Waals surface area contributed by atoms with Gasteiger partial charge in [-0.3, -0.25) is 0 Å². The second kappa shape index (κ2) is 6.43. The van der Waals surface area contributed by atoms with E-state index in [1.807, 2.05) is 30.3 Å². The van der Waals surface area contributed by atoms with E-state index in [0.29, 0.717) is 0 Å². The summed E-state index contributed by atoms with van der Waals surface area (Å²) in [5.74, 6) is -0.343. The molecule has 2 rings (SSSR count). The molecule has 0 saturated carbocycles. The minimum absolute atomic E-state index is 0.0568. The van der Waals surface area contributed by atoms with Gasteiger partial charge >= 0.3 is 0 Å². The monoisotopic (exact) mass is 332 g/mol. The molecular weight excluding hydrogens is 312 g/mol. The van der Waals surface area contributed by atoms with Gasteiger partial charge in [-0.15, -0.1) is 0 Å². The number of sulfone groups is 1. The van der Waals surface area contributed by atoms with Crippen molar-refractivity contribution >= 4 is 19.9 Å². The second-order valence-electron chi connectivity index (χ2n) is 5.18. The summed E-state index contributed by atoms with van der Waals surface area (Å²) in [5, 5.41) is -0.849. The number of rotatable bonds is 6. The molecular formula is C13H20N2O4S2. The quantitative estimate of drug-likeness (QED) is 0.788. The summed E-state index contributed by atoms with van der Waals surface area (Å²) < 4.78 is 49.6. The first-order valence-electron chi connectivity index (χ1n) is 6.78. The summed E-state index contributed by atoms with van der Waals surface area (Å²) >= 11 is 0. The Balaban J connectivity index is 2.21. The van der Waals surface area contributed by atoms with Crippen LogP contribution in [0.2, 0.25) is 0 Å². The minimum atomic E-state index is -3.66. The summed E-state index contributed by atoms with van der Waals surface area (Å²) in [4.78, 5) is 0. The standard InChI is InChI=1S/C13H20N2O4S2/c14-7-8-15(10-12-4-2-1-3-5-12)21(18,19)13-6-9-20(16,17)11-13/h1-5,13H,6-11,14H2. The molecule has 2 N–H and O–H groups in total. The van der Waals surface area contributed by atoms with Crippen molar-refractivity contribution in [2.45, 2.75) is 18.2 Å². The Bertz CT molecular complexity index is 671. The van der Waals surface area contributed by atoms with Crippen molar-refractivity contribution in [1.29, 1.82) is 0 Å². The molecule has 0 spiro atoms. The molecule has 1 fully saturated rings. The predicted octanol–water partition coefficient (Wildman–Crippen LogP) is -0.0358. The normalized spacial score (nSPS) is 21.7. The summed E-state index contributed by atoms with van der Waals surface area (Å²) in [5.41, 5.74) is 6.36. The van der Waals surface area contributed by atoms with E-state index in [9.17, 15) is 16.8 Å². The second-order valence-corrected chi connectivity index (χ2v) is 9.62. The Morgan fingerprint density at radius 2 is 1.90 bits per heavy atom. The summed E-state index contributed by atoms with van der Waals surface area (Å²) in [6.07, 6.45) is 0.167. The Labute approximate surface area is 125 Å². The molecule has 0 aromatic heterocycles. The van der Waals surface area contributed by atoms with Crippen molar-refractivity contribution in [3.05, 3.63) is 35.9 Å². The minimum Gasteiger partial charge on any atom is -0.329 e. The number of hydrogen-bond donors (Lipinski definition) is 1. The molecule has 1 unspecified atom stereocenters. The van der Waals surface area contributed by atoms with Gasteiger partial charge in [0.05, 0.1) is 16.8 Å². The van der Waals surface area contributed by atoms with Gasteiger partial charge in [-0.1, -0.05) is 30.3 Å². The molecule has 1 aromatic carbocycles. The molecule has 0 bridgehead atoms. The number of nitrogens with two attached hydrogens (primary N) is 1. The van der Waals surface area contributed by atoms with Gasteiger partial charge in [0.15, 0.2) is 9.84 Å². The fourth-order valence-electron chi connectivity index (χ4n) is 2.43. The molecule has 1 aromatic rings. The lowest BCUT2D eigenvalue weighted by Gasteiger charge is -2.24. The lowest BCUT2D eigenvalue weighted by molar-refractivity contribution is 0.407. The molecule has 118 valence electrons. The average Bonchev–Trinajstić information content (AvgIpc) is 2.80. The van der Waals surface area contributed by atoms with Crippen LogP contribution in [0.3, 0.4) is 0 Å². The van der Waals surface area contributed by atoms with Gasteiger partial charge in [0, 0.05) is 19.6 Å². The number of hydrogen-bond acceptors (Lipinski definition) is 5. The zero-order valence-electron chi connectivity index (χ0n) is 11.7. The number of benzene rings is 1. The van der Waals surface area contributed by atoms with E-state index in [4.69, 9.17) is 5.73 Å². The highest BCUT2D eigenvalue weighted by atomic mass is 32.2. The highest BCUT2D eigenvalue weighted by molar-refractivity contribution is 7.95. The van der Waals surface area contributed by atoms with Crippen LogP contribution in [0.15, 0.2) is 30.3 Å².